The molecule has 4 heteroatoms. The summed E-state index contributed by atoms with van der Waals surface area (Å²) in [6.45, 7) is 6.81. The maximum atomic E-state index is 13.6. The van der Waals surface area contributed by atoms with Crippen molar-refractivity contribution in [3.63, 3.8) is 0 Å². The van der Waals surface area contributed by atoms with Crippen LogP contribution in [0.25, 0.3) is 0 Å². The Morgan fingerprint density at radius 2 is 1.89 bits per heavy atom. The molecule has 0 heterocycles. The zero-order valence-corrected chi connectivity index (χ0v) is 17.8. The number of carbonyl (C=O) groups is 2. The van der Waals surface area contributed by atoms with Crippen LogP contribution >= 0.6 is 0 Å². The number of hydrogen-bond acceptors (Lipinski definition) is 3. The summed E-state index contributed by atoms with van der Waals surface area (Å²) in [4.78, 5) is 24.7. The van der Waals surface area contributed by atoms with Crippen LogP contribution in [-0.4, -0.2) is 28.1 Å². The summed E-state index contributed by atoms with van der Waals surface area (Å²) in [5, 5.41) is 19.3. The number of aliphatic hydroxyl groups is 1. The predicted molar refractivity (Wildman–Crippen MR) is 108 cm³/mol. The Morgan fingerprint density at radius 1 is 1.14 bits per heavy atom. The fraction of sp³-hybridized carbons (Fsp3) is 0.917. The van der Waals surface area contributed by atoms with E-state index in [4.69, 9.17) is 5.11 Å². The summed E-state index contributed by atoms with van der Waals surface area (Å²) in [5.41, 5.74) is -0.0391. The first-order valence-corrected chi connectivity index (χ1v) is 11.6. The molecule has 4 saturated carbocycles. The second kappa shape index (κ2) is 7.11. The third-order valence-corrected chi connectivity index (χ3v) is 10.1. The van der Waals surface area contributed by atoms with Gasteiger partial charge in [-0.2, -0.15) is 0 Å². The minimum atomic E-state index is -0.729. The number of ketones is 1. The molecule has 4 rings (SSSR count). The van der Waals surface area contributed by atoms with Crippen molar-refractivity contribution in [2.75, 3.05) is 0 Å². The smallest absolute Gasteiger partial charge is 0.303 e. The molecule has 0 aromatic heterocycles. The minimum absolute atomic E-state index is 0.148. The average Bonchev–Trinajstić information content (AvgIpc) is 3.00. The molecule has 0 radical (unpaired) electrons. The lowest BCUT2D eigenvalue weighted by Crippen LogP contribution is -2.57. The van der Waals surface area contributed by atoms with Crippen molar-refractivity contribution in [2.24, 2.45) is 46.3 Å². The van der Waals surface area contributed by atoms with Crippen LogP contribution in [0.1, 0.15) is 85.0 Å². The van der Waals surface area contributed by atoms with Crippen LogP contribution in [0, 0.1) is 46.3 Å². The average molecular weight is 391 g/mol. The number of Topliss-reactive ketones (excluding diaryl/α,β-unsaturated/α-hetero) is 1. The summed E-state index contributed by atoms with van der Waals surface area (Å²) in [5.74, 6) is 2.52. The van der Waals surface area contributed by atoms with E-state index >= 15 is 0 Å². The molecule has 0 aliphatic heterocycles. The van der Waals surface area contributed by atoms with Crippen molar-refractivity contribution in [1.29, 1.82) is 0 Å². The van der Waals surface area contributed by atoms with Crippen LogP contribution < -0.4 is 0 Å². The number of carboxylic acids is 1. The first-order valence-electron chi connectivity index (χ1n) is 11.6. The largest absolute Gasteiger partial charge is 0.481 e. The SMILES string of the molecule is C[C@H](CCC(=O)O)[C@H]1CC[C@H]2[C@@H]3CC[C@@H]4C[C@@H](O)CC[C@]4(C)[C@H]3CC(=O)[C@]12C. The van der Waals surface area contributed by atoms with Crippen LogP contribution in [0.4, 0.5) is 0 Å². The van der Waals surface area contributed by atoms with E-state index in [0.717, 1.165) is 32.1 Å². The molecule has 0 spiro atoms. The van der Waals surface area contributed by atoms with E-state index in [1.807, 2.05) is 0 Å². The lowest BCUT2D eigenvalue weighted by atomic mass is 9.44. The third-order valence-electron chi connectivity index (χ3n) is 10.1. The van der Waals surface area contributed by atoms with Gasteiger partial charge in [0, 0.05) is 18.3 Å². The van der Waals surface area contributed by atoms with Crippen LogP contribution in [0.2, 0.25) is 0 Å². The Labute approximate surface area is 169 Å². The monoisotopic (exact) mass is 390 g/mol. The van der Waals surface area contributed by atoms with Crippen molar-refractivity contribution in [2.45, 2.75) is 91.1 Å². The van der Waals surface area contributed by atoms with Gasteiger partial charge in [0.15, 0.2) is 0 Å². The second-order valence-electron chi connectivity index (χ2n) is 11.1. The van der Waals surface area contributed by atoms with Gasteiger partial charge in [0.05, 0.1) is 6.10 Å². The quantitative estimate of drug-likeness (QED) is 0.730. The van der Waals surface area contributed by atoms with Gasteiger partial charge in [-0.25, -0.2) is 0 Å². The molecule has 4 nitrogen and oxygen atoms in total. The molecule has 158 valence electrons. The second-order valence-corrected chi connectivity index (χ2v) is 11.1. The number of aliphatic carboxylic acids is 1. The van der Waals surface area contributed by atoms with Crippen LogP contribution in [0.3, 0.4) is 0 Å². The highest BCUT2D eigenvalue weighted by atomic mass is 16.4. The maximum absolute atomic E-state index is 13.6. The van der Waals surface area contributed by atoms with Crippen LogP contribution in [0.5, 0.6) is 0 Å². The molecule has 4 aliphatic rings. The molecule has 28 heavy (non-hydrogen) atoms. The summed E-state index contributed by atoms with van der Waals surface area (Å²) in [7, 11) is 0. The molecule has 0 amide bonds. The molecular weight excluding hydrogens is 352 g/mol. The standard InChI is InChI=1S/C24H38O4/c1-14(4-9-22(27)28)18-7-8-19-17-6-5-15-12-16(25)10-11-23(15,2)20(17)13-21(26)24(18,19)3/h14-20,25H,4-13H2,1-3H3,(H,27,28)/t14-,15-,16+,17+,18-,19+,20+,23+,24-/m1/s1. The number of aliphatic hydroxyl groups excluding tert-OH is 1. The van der Waals surface area contributed by atoms with Gasteiger partial charge in [0.1, 0.15) is 5.78 Å². The highest BCUT2D eigenvalue weighted by Crippen LogP contribution is 2.67. The maximum Gasteiger partial charge on any atom is 0.303 e. The number of hydrogen-bond donors (Lipinski definition) is 2. The third kappa shape index (κ3) is 2.97. The lowest BCUT2D eigenvalue weighted by Gasteiger charge is -2.60. The molecule has 4 aliphatic carbocycles. The highest BCUT2D eigenvalue weighted by molar-refractivity contribution is 5.87. The van der Waals surface area contributed by atoms with Crippen molar-refractivity contribution in [1.82, 2.24) is 0 Å². The fourth-order valence-electron chi connectivity index (χ4n) is 8.44. The summed E-state index contributed by atoms with van der Waals surface area (Å²) < 4.78 is 0. The van der Waals surface area contributed by atoms with E-state index in [1.165, 1.54) is 12.8 Å². The Morgan fingerprint density at radius 3 is 2.61 bits per heavy atom. The van der Waals surface area contributed by atoms with Crippen molar-refractivity contribution in [3.8, 4) is 0 Å². The zero-order chi connectivity index (χ0) is 20.3. The molecule has 0 unspecified atom stereocenters. The van der Waals surface area contributed by atoms with Gasteiger partial charge < -0.3 is 10.2 Å². The molecule has 0 bridgehead atoms. The van der Waals surface area contributed by atoms with Gasteiger partial charge in [0.2, 0.25) is 0 Å². The van der Waals surface area contributed by atoms with Crippen molar-refractivity contribution < 1.29 is 19.8 Å². The van der Waals surface area contributed by atoms with Crippen LogP contribution in [0.15, 0.2) is 0 Å². The molecule has 4 fully saturated rings. The first-order chi connectivity index (χ1) is 13.2. The Bertz CT molecular complexity index is 645. The first kappa shape index (κ1) is 20.4. The summed E-state index contributed by atoms with van der Waals surface area (Å²) in [6, 6.07) is 0. The van der Waals surface area contributed by atoms with Gasteiger partial charge in [-0.1, -0.05) is 20.8 Å². The van der Waals surface area contributed by atoms with E-state index in [2.05, 4.69) is 20.8 Å². The number of carbonyl (C=O) groups excluding carboxylic acids is 1. The van der Waals surface area contributed by atoms with Gasteiger partial charge in [-0.3, -0.25) is 9.59 Å². The van der Waals surface area contributed by atoms with Crippen molar-refractivity contribution in [3.05, 3.63) is 0 Å². The topological polar surface area (TPSA) is 74.6 Å². The van der Waals surface area contributed by atoms with E-state index in [0.29, 0.717) is 54.1 Å². The summed E-state index contributed by atoms with van der Waals surface area (Å²) in [6.07, 6.45) is 8.96. The molecule has 0 aromatic rings. The highest BCUT2D eigenvalue weighted by Gasteiger charge is 2.63. The number of carboxylic acid groups (broad SMARTS) is 1. The lowest BCUT2D eigenvalue weighted by molar-refractivity contribution is -0.160. The van der Waals surface area contributed by atoms with Gasteiger partial charge >= 0.3 is 5.97 Å². The predicted octanol–water partition coefficient (Wildman–Crippen LogP) is 4.69. The Kier molecular flexibility index (Phi) is 5.17. The number of rotatable bonds is 4. The van der Waals surface area contributed by atoms with Gasteiger partial charge in [-0.05, 0) is 92.3 Å². The van der Waals surface area contributed by atoms with Gasteiger partial charge in [0.25, 0.3) is 0 Å². The molecule has 9 atom stereocenters. The van der Waals surface area contributed by atoms with E-state index in [9.17, 15) is 14.7 Å². The minimum Gasteiger partial charge on any atom is -0.481 e. The van der Waals surface area contributed by atoms with E-state index in [1.54, 1.807) is 0 Å². The van der Waals surface area contributed by atoms with E-state index in [-0.39, 0.29) is 23.4 Å². The molecule has 0 aromatic carbocycles. The Balaban J connectivity index is 1.57. The molecule has 2 N–H and O–H groups in total. The number of fused-ring (bicyclic) bond motifs is 5. The Hall–Kier alpha value is -0.900. The fourth-order valence-corrected chi connectivity index (χ4v) is 8.44. The molecular formula is C24H38O4. The normalized spacial score (nSPS) is 49.1. The van der Waals surface area contributed by atoms with E-state index < -0.39 is 5.97 Å². The van der Waals surface area contributed by atoms with Crippen molar-refractivity contribution >= 4 is 11.8 Å². The van der Waals surface area contributed by atoms with Crippen LogP contribution in [-0.2, 0) is 9.59 Å². The zero-order valence-electron chi connectivity index (χ0n) is 17.8. The van der Waals surface area contributed by atoms with Gasteiger partial charge in [-0.15, -0.1) is 0 Å². The summed E-state index contributed by atoms with van der Waals surface area (Å²) >= 11 is 0. The molecule has 0 saturated heterocycles.